The summed E-state index contributed by atoms with van der Waals surface area (Å²) in [7, 11) is 0. The molecule has 4 radical (unpaired) electrons. The maximum atomic E-state index is 10.4. The van der Waals surface area contributed by atoms with Gasteiger partial charge in [0.25, 0.3) is 0 Å². The number of carboxylic acids is 2. The number of carboxylic acid groups (broad SMARTS) is 2. The van der Waals surface area contributed by atoms with Gasteiger partial charge in [-0.3, -0.25) is 9.59 Å². The van der Waals surface area contributed by atoms with Crippen LogP contribution in [0, 0.1) is 0 Å². The fourth-order valence-electron chi connectivity index (χ4n) is 1.91. The van der Waals surface area contributed by atoms with Crippen LogP contribution in [0.4, 0.5) is 0 Å². The van der Waals surface area contributed by atoms with Crippen molar-refractivity contribution in [3.8, 4) is 0 Å². The Hall–Kier alpha value is -1.90. The third-order valence-electron chi connectivity index (χ3n) is 3.23. The van der Waals surface area contributed by atoms with E-state index in [1.165, 1.54) is 0 Å². The second-order valence-corrected chi connectivity index (χ2v) is 5.27. The molecule has 132 valence electrons. The van der Waals surface area contributed by atoms with Crippen LogP contribution in [0.15, 0.2) is 60.7 Å². The van der Waals surface area contributed by atoms with E-state index >= 15 is 0 Å². The number of benzene rings is 2. The van der Waals surface area contributed by atoms with Gasteiger partial charge in [-0.05, 0) is 24.0 Å². The molecule has 0 amide bonds. The zero-order valence-electron chi connectivity index (χ0n) is 13.7. The second kappa shape index (κ2) is 12.5. The molecule has 0 aromatic heterocycles. The Morgan fingerprint density at radius 2 is 1.00 bits per heavy atom. The van der Waals surface area contributed by atoms with Crippen LogP contribution >= 0.6 is 0 Å². The summed E-state index contributed by atoms with van der Waals surface area (Å²) in [5.74, 6) is -1.92. The first kappa shape index (κ1) is 23.1. The van der Waals surface area contributed by atoms with Crippen LogP contribution in [-0.2, 0) is 22.4 Å². The van der Waals surface area contributed by atoms with Crippen molar-refractivity contribution in [2.45, 2.75) is 24.9 Å². The van der Waals surface area contributed by atoms with Gasteiger partial charge in [0.1, 0.15) is 12.1 Å². The monoisotopic (exact) mass is 450 g/mol. The largest absolute Gasteiger partial charge is 0.480 e. The molecule has 0 fully saturated rings. The molecule has 0 spiro atoms. The number of rotatable bonds is 6. The van der Waals surface area contributed by atoms with Gasteiger partial charge < -0.3 is 21.7 Å². The molecule has 0 aliphatic carbocycles. The first-order valence-electron chi connectivity index (χ1n) is 7.44. The Morgan fingerprint density at radius 1 is 0.720 bits per heavy atom. The fourth-order valence-corrected chi connectivity index (χ4v) is 1.91. The molecule has 6 N–H and O–H groups in total. The first-order chi connectivity index (χ1) is 11.4. The molecule has 0 saturated heterocycles. The molecule has 0 bridgehead atoms. The van der Waals surface area contributed by atoms with Crippen LogP contribution in [0.1, 0.15) is 11.1 Å². The Kier molecular flexibility index (Phi) is 11.5. The number of hydrogen-bond donors (Lipinski definition) is 4. The van der Waals surface area contributed by atoms with Gasteiger partial charge in [0.2, 0.25) is 0 Å². The minimum Gasteiger partial charge on any atom is -0.480 e. The Labute approximate surface area is 163 Å². The number of aliphatic carboxylic acids is 2. The van der Waals surface area contributed by atoms with E-state index in [1.54, 1.807) is 0 Å². The first-order valence-corrected chi connectivity index (χ1v) is 7.44. The standard InChI is InChI=1S/2C9H11NO2.Sn/c2*10-8(9(11)12)6-7-4-2-1-3-5-7;/h2*1-5,8H,6,10H2,(H,11,12);. The number of carbonyl (C=O) groups is 2. The molecule has 2 rings (SSSR count). The summed E-state index contributed by atoms with van der Waals surface area (Å²) in [5, 5.41) is 17.0. The number of hydrogen-bond acceptors (Lipinski definition) is 4. The van der Waals surface area contributed by atoms with Crippen molar-refractivity contribution in [1.29, 1.82) is 0 Å². The van der Waals surface area contributed by atoms with Crippen LogP contribution in [0.3, 0.4) is 0 Å². The van der Waals surface area contributed by atoms with Crippen LogP contribution in [-0.4, -0.2) is 58.1 Å². The van der Waals surface area contributed by atoms with Crippen molar-refractivity contribution in [2.24, 2.45) is 11.5 Å². The van der Waals surface area contributed by atoms with Gasteiger partial charge in [0.15, 0.2) is 0 Å². The molecule has 2 atom stereocenters. The van der Waals surface area contributed by atoms with Crippen molar-refractivity contribution in [3.63, 3.8) is 0 Å². The number of nitrogens with two attached hydrogens (primary N) is 2. The normalized spacial score (nSPS) is 11.9. The minimum atomic E-state index is -0.959. The van der Waals surface area contributed by atoms with Gasteiger partial charge in [-0.25, -0.2) is 0 Å². The molecule has 0 heterocycles. The average Bonchev–Trinajstić information content (AvgIpc) is 2.57. The van der Waals surface area contributed by atoms with Crippen LogP contribution in [0.25, 0.3) is 0 Å². The molecule has 0 aliphatic rings. The zero-order valence-corrected chi connectivity index (χ0v) is 16.6. The molecule has 25 heavy (non-hydrogen) atoms. The predicted molar refractivity (Wildman–Crippen MR) is 97.3 cm³/mol. The van der Waals surface area contributed by atoms with E-state index < -0.39 is 24.0 Å². The van der Waals surface area contributed by atoms with Crippen LogP contribution < -0.4 is 11.5 Å². The van der Waals surface area contributed by atoms with E-state index in [4.69, 9.17) is 21.7 Å². The Balaban J connectivity index is 0.000000443. The summed E-state index contributed by atoms with van der Waals surface area (Å²) < 4.78 is 0. The molecule has 6 nitrogen and oxygen atoms in total. The molecule has 0 saturated carbocycles. The summed E-state index contributed by atoms with van der Waals surface area (Å²) in [6.45, 7) is 0. The Bertz CT molecular complexity index is 581. The van der Waals surface area contributed by atoms with Gasteiger partial charge in [-0.1, -0.05) is 60.7 Å². The van der Waals surface area contributed by atoms with Crippen molar-refractivity contribution < 1.29 is 19.8 Å². The zero-order chi connectivity index (χ0) is 17.9. The summed E-state index contributed by atoms with van der Waals surface area (Å²) >= 11 is 0. The molecule has 2 unspecified atom stereocenters. The fraction of sp³-hybridized carbons (Fsp3) is 0.222. The average molecular weight is 449 g/mol. The molecule has 2 aromatic carbocycles. The maximum Gasteiger partial charge on any atom is 0.320 e. The summed E-state index contributed by atoms with van der Waals surface area (Å²) in [4.78, 5) is 20.8. The predicted octanol–water partition coefficient (Wildman–Crippen LogP) is 0.901. The Morgan fingerprint density at radius 3 is 1.24 bits per heavy atom. The van der Waals surface area contributed by atoms with Crippen molar-refractivity contribution in [2.75, 3.05) is 0 Å². The molecular weight excluding hydrogens is 427 g/mol. The third-order valence-corrected chi connectivity index (χ3v) is 3.23. The maximum absolute atomic E-state index is 10.4. The minimum absolute atomic E-state index is 0. The van der Waals surface area contributed by atoms with Gasteiger partial charge in [0, 0.05) is 23.9 Å². The van der Waals surface area contributed by atoms with E-state index in [1.807, 2.05) is 60.7 Å². The topological polar surface area (TPSA) is 127 Å². The SMILES string of the molecule is NC(Cc1ccccc1)C(=O)O.NC(Cc1ccccc1)C(=O)O.[Sn]. The van der Waals surface area contributed by atoms with E-state index in [0.717, 1.165) is 11.1 Å². The van der Waals surface area contributed by atoms with Crippen molar-refractivity contribution in [1.82, 2.24) is 0 Å². The van der Waals surface area contributed by atoms with Gasteiger partial charge >= 0.3 is 11.9 Å². The molecular formula is C18H22N2O4Sn. The molecule has 2 aromatic rings. The quantitative estimate of drug-likeness (QED) is 0.486. The summed E-state index contributed by atoms with van der Waals surface area (Å²) in [6.07, 6.45) is 0.770. The summed E-state index contributed by atoms with van der Waals surface area (Å²) in [5.41, 5.74) is 12.6. The molecule has 0 aliphatic heterocycles. The van der Waals surface area contributed by atoms with Gasteiger partial charge in [-0.2, -0.15) is 0 Å². The molecule has 7 heteroatoms. The van der Waals surface area contributed by atoms with Crippen LogP contribution in [0.2, 0.25) is 0 Å². The second-order valence-electron chi connectivity index (χ2n) is 5.27. The van der Waals surface area contributed by atoms with E-state index in [2.05, 4.69) is 0 Å². The smallest absolute Gasteiger partial charge is 0.320 e. The van der Waals surface area contributed by atoms with Gasteiger partial charge in [0.05, 0.1) is 0 Å². The van der Waals surface area contributed by atoms with E-state index in [9.17, 15) is 9.59 Å². The van der Waals surface area contributed by atoms with Crippen molar-refractivity contribution in [3.05, 3.63) is 71.8 Å². The summed E-state index contributed by atoms with van der Waals surface area (Å²) in [6, 6.07) is 17.1. The van der Waals surface area contributed by atoms with E-state index in [-0.39, 0.29) is 23.9 Å². The van der Waals surface area contributed by atoms with Crippen LogP contribution in [0.5, 0.6) is 0 Å². The van der Waals surface area contributed by atoms with Crippen molar-refractivity contribution >= 4 is 35.8 Å². The van der Waals surface area contributed by atoms with E-state index in [0.29, 0.717) is 12.8 Å². The third kappa shape index (κ3) is 9.85. The van der Waals surface area contributed by atoms with Gasteiger partial charge in [-0.15, -0.1) is 0 Å².